The summed E-state index contributed by atoms with van der Waals surface area (Å²) in [4.78, 5) is 14.8. The number of alkyl halides is 6. The number of carbonyl (C=O) groups excluding carboxylic acids is 1. The zero-order valence-electron chi connectivity index (χ0n) is 14.2. The van der Waals surface area contributed by atoms with Gasteiger partial charge in [-0.3, -0.25) is 4.79 Å². The maximum Gasteiger partial charge on any atom is 0.573 e. The van der Waals surface area contributed by atoms with Crippen molar-refractivity contribution < 1.29 is 35.9 Å². The van der Waals surface area contributed by atoms with Gasteiger partial charge in [0.25, 0.3) is 5.91 Å². The fourth-order valence-corrected chi connectivity index (χ4v) is 2.41. The molecule has 3 aromatic rings. The molecule has 152 valence electrons. The van der Waals surface area contributed by atoms with Gasteiger partial charge in [0.2, 0.25) is 0 Å². The second-order valence-electron chi connectivity index (χ2n) is 5.80. The molecule has 0 atom stereocenters. The lowest BCUT2D eigenvalue weighted by atomic mass is 10.1. The first-order valence-corrected chi connectivity index (χ1v) is 7.90. The summed E-state index contributed by atoms with van der Waals surface area (Å²) in [5.74, 6) is -1.13. The quantitative estimate of drug-likeness (QED) is 0.364. The number of aromatic nitrogens is 1. The van der Waals surface area contributed by atoms with Crippen LogP contribution in [0.2, 0.25) is 0 Å². The number of aromatic amines is 1. The first-order valence-electron chi connectivity index (χ1n) is 7.90. The molecular weight excluding hydrogens is 404 g/mol. The Morgan fingerprint density at radius 1 is 1.00 bits per heavy atom. The van der Waals surface area contributed by atoms with Crippen LogP contribution >= 0.6 is 0 Å². The lowest BCUT2D eigenvalue weighted by Gasteiger charge is -2.08. The molecule has 5 nitrogen and oxygen atoms in total. The topological polar surface area (TPSA) is 66.5 Å². The van der Waals surface area contributed by atoms with Crippen molar-refractivity contribution in [1.29, 1.82) is 0 Å². The summed E-state index contributed by atoms with van der Waals surface area (Å²) in [6.45, 7) is 0. The Morgan fingerprint density at radius 3 is 2.31 bits per heavy atom. The smallest absolute Gasteiger partial charge is 0.406 e. The van der Waals surface area contributed by atoms with E-state index >= 15 is 0 Å². The highest BCUT2D eigenvalue weighted by Gasteiger charge is 2.31. The minimum absolute atomic E-state index is 0.0220. The molecule has 0 radical (unpaired) electrons. The van der Waals surface area contributed by atoms with E-state index in [2.05, 4.69) is 20.2 Å². The number of hydrogen-bond acceptors (Lipinski definition) is 3. The van der Waals surface area contributed by atoms with Gasteiger partial charge in [0, 0.05) is 10.9 Å². The van der Waals surface area contributed by atoms with Crippen LogP contribution in [0.3, 0.4) is 0 Å². The minimum Gasteiger partial charge on any atom is -0.406 e. The van der Waals surface area contributed by atoms with E-state index in [-0.39, 0.29) is 5.69 Å². The minimum atomic E-state index is -4.84. The maximum absolute atomic E-state index is 12.5. The van der Waals surface area contributed by atoms with Crippen LogP contribution in [0.1, 0.15) is 21.6 Å². The van der Waals surface area contributed by atoms with Gasteiger partial charge >= 0.3 is 12.5 Å². The molecule has 0 fully saturated rings. The van der Waals surface area contributed by atoms with Crippen LogP contribution in [-0.4, -0.2) is 23.5 Å². The molecule has 2 N–H and O–H groups in total. The van der Waals surface area contributed by atoms with E-state index in [0.29, 0.717) is 16.5 Å². The molecule has 0 spiro atoms. The van der Waals surface area contributed by atoms with E-state index < -0.39 is 29.8 Å². The number of amides is 1. The monoisotopic (exact) mass is 415 g/mol. The summed E-state index contributed by atoms with van der Waals surface area (Å²) in [6, 6.07) is 8.95. The summed E-state index contributed by atoms with van der Waals surface area (Å²) in [7, 11) is 0. The molecule has 11 heteroatoms. The molecule has 29 heavy (non-hydrogen) atoms. The summed E-state index contributed by atoms with van der Waals surface area (Å²) in [5, 5.41) is 3.96. The van der Waals surface area contributed by atoms with Crippen LogP contribution in [0.25, 0.3) is 10.9 Å². The number of nitrogens with one attached hydrogen (secondary N) is 2. The lowest BCUT2D eigenvalue weighted by molar-refractivity contribution is -0.274. The van der Waals surface area contributed by atoms with E-state index in [9.17, 15) is 31.1 Å². The molecule has 2 aromatic carbocycles. The third-order valence-electron chi connectivity index (χ3n) is 3.69. The highest BCUT2D eigenvalue weighted by Crippen LogP contribution is 2.29. The number of rotatable bonds is 4. The second-order valence-corrected chi connectivity index (χ2v) is 5.80. The van der Waals surface area contributed by atoms with Crippen molar-refractivity contribution in [3.63, 3.8) is 0 Å². The molecular formula is C18H11F6N3O2. The number of fused-ring (bicyclic) bond motifs is 1. The molecule has 1 amide bonds. The van der Waals surface area contributed by atoms with Crippen molar-refractivity contribution >= 4 is 23.0 Å². The van der Waals surface area contributed by atoms with Crippen molar-refractivity contribution in [3.8, 4) is 5.75 Å². The number of carbonyl (C=O) groups is 1. The van der Waals surface area contributed by atoms with Crippen molar-refractivity contribution in [2.24, 2.45) is 5.10 Å². The largest absolute Gasteiger partial charge is 0.573 e. The van der Waals surface area contributed by atoms with Gasteiger partial charge in [-0.15, -0.1) is 13.2 Å². The average Bonchev–Trinajstić information content (AvgIpc) is 3.03. The number of H-pyrrole nitrogens is 1. The van der Waals surface area contributed by atoms with Gasteiger partial charge in [-0.05, 0) is 42.0 Å². The van der Waals surface area contributed by atoms with Gasteiger partial charge < -0.3 is 9.72 Å². The first kappa shape index (κ1) is 20.2. The standard InChI is InChI=1S/C18H11F6N3O2/c19-17(20,21)12-3-1-10(2-4-12)9-25-27-16(28)15-8-11-7-13(29-18(22,23)24)5-6-14(11)26-15/h1-9,26H,(H,27,28)/b25-9-. The van der Waals surface area contributed by atoms with E-state index in [1.54, 1.807) is 0 Å². The normalized spacial score (nSPS) is 12.5. The maximum atomic E-state index is 12.5. The van der Waals surface area contributed by atoms with Gasteiger partial charge in [-0.25, -0.2) is 5.43 Å². The molecule has 1 aromatic heterocycles. The molecule has 0 unspecified atom stereocenters. The fourth-order valence-electron chi connectivity index (χ4n) is 2.41. The van der Waals surface area contributed by atoms with E-state index in [1.807, 2.05) is 0 Å². The van der Waals surface area contributed by atoms with Gasteiger partial charge in [0.15, 0.2) is 0 Å². The summed E-state index contributed by atoms with van der Waals surface area (Å²) >= 11 is 0. The molecule has 0 aliphatic rings. The van der Waals surface area contributed by atoms with E-state index in [1.165, 1.54) is 24.3 Å². The number of ether oxygens (including phenoxy) is 1. The van der Waals surface area contributed by atoms with Crippen molar-refractivity contribution in [1.82, 2.24) is 10.4 Å². The summed E-state index contributed by atoms with van der Waals surface area (Å²) < 4.78 is 78.1. The number of hydrazone groups is 1. The Hall–Kier alpha value is -3.50. The van der Waals surface area contributed by atoms with Crippen LogP contribution < -0.4 is 10.2 Å². The Labute approximate surface area is 159 Å². The highest BCUT2D eigenvalue weighted by molar-refractivity contribution is 5.98. The van der Waals surface area contributed by atoms with Crippen molar-refractivity contribution in [2.45, 2.75) is 12.5 Å². The Balaban J connectivity index is 1.67. The zero-order valence-corrected chi connectivity index (χ0v) is 14.2. The predicted octanol–water partition coefficient (Wildman–Crippen LogP) is 4.85. The predicted molar refractivity (Wildman–Crippen MR) is 91.5 cm³/mol. The number of benzene rings is 2. The molecule has 0 saturated carbocycles. The van der Waals surface area contributed by atoms with Gasteiger partial charge in [-0.2, -0.15) is 18.3 Å². The highest BCUT2D eigenvalue weighted by atomic mass is 19.4. The Morgan fingerprint density at radius 2 is 1.69 bits per heavy atom. The first-order chi connectivity index (χ1) is 13.5. The van der Waals surface area contributed by atoms with Crippen LogP contribution in [0.4, 0.5) is 26.3 Å². The molecule has 0 aliphatic carbocycles. The van der Waals surface area contributed by atoms with E-state index in [0.717, 1.165) is 30.5 Å². The van der Waals surface area contributed by atoms with Crippen LogP contribution in [0.15, 0.2) is 53.6 Å². The molecule has 0 bridgehead atoms. The van der Waals surface area contributed by atoms with Crippen LogP contribution in [0, 0.1) is 0 Å². The third kappa shape index (κ3) is 5.27. The molecule has 3 rings (SSSR count). The fraction of sp³-hybridized carbons (Fsp3) is 0.111. The Bertz CT molecular complexity index is 1050. The summed E-state index contributed by atoms with van der Waals surface area (Å²) in [5.41, 5.74) is 2.10. The lowest BCUT2D eigenvalue weighted by Crippen LogP contribution is -2.17. The second kappa shape index (κ2) is 7.49. The van der Waals surface area contributed by atoms with Gasteiger partial charge in [0.05, 0.1) is 11.8 Å². The molecule has 1 heterocycles. The number of nitrogens with zero attached hydrogens (tertiary/aromatic N) is 1. The Kier molecular flexibility index (Phi) is 5.23. The molecule has 0 aliphatic heterocycles. The van der Waals surface area contributed by atoms with Crippen LogP contribution in [-0.2, 0) is 6.18 Å². The van der Waals surface area contributed by atoms with Gasteiger partial charge in [0.1, 0.15) is 11.4 Å². The van der Waals surface area contributed by atoms with Gasteiger partial charge in [-0.1, -0.05) is 12.1 Å². The summed E-state index contributed by atoms with van der Waals surface area (Å²) in [6.07, 6.45) is -8.14. The van der Waals surface area contributed by atoms with Crippen molar-refractivity contribution in [3.05, 3.63) is 65.4 Å². The number of halogens is 6. The zero-order chi connectivity index (χ0) is 21.2. The molecule has 0 saturated heterocycles. The SMILES string of the molecule is O=C(N/N=C\c1ccc(C(F)(F)F)cc1)c1cc2cc(OC(F)(F)F)ccc2[nH]1. The third-order valence-corrected chi connectivity index (χ3v) is 3.69. The number of hydrogen-bond donors (Lipinski definition) is 2. The van der Waals surface area contributed by atoms with Crippen molar-refractivity contribution in [2.75, 3.05) is 0 Å². The average molecular weight is 415 g/mol. The van der Waals surface area contributed by atoms with Crippen LogP contribution in [0.5, 0.6) is 5.75 Å². The van der Waals surface area contributed by atoms with E-state index in [4.69, 9.17) is 0 Å².